The minimum Gasteiger partial charge on any atom is -0.490 e. The molecule has 0 bridgehead atoms. The van der Waals surface area contributed by atoms with Gasteiger partial charge < -0.3 is 14.2 Å². The number of ketones is 1. The molecule has 5 nitrogen and oxygen atoms in total. The minimum absolute atomic E-state index is 0.178. The van der Waals surface area contributed by atoms with Crippen LogP contribution in [0.3, 0.4) is 0 Å². The number of carbonyl (C=O) groups excluding carboxylic acids is 1. The lowest BCUT2D eigenvalue weighted by Crippen LogP contribution is -2.72. The van der Waals surface area contributed by atoms with Crippen LogP contribution in [0.2, 0.25) is 0 Å². The summed E-state index contributed by atoms with van der Waals surface area (Å²) in [4.78, 5) is 15.7. The molecular formula is C27H37NO4. The molecule has 1 aromatic carbocycles. The molecule has 3 aliphatic carbocycles. The molecule has 4 aliphatic rings. The predicted molar refractivity (Wildman–Crippen MR) is 125 cm³/mol. The first kappa shape index (κ1) is 22.0. The average Bonchev–Trinajstić information content (AvgIpc) is 3.53. The van der Waals surface area contributed by atoms with E-state index < -0.39 is 17.1 Å². The highest BCUT2D eigenvalue weighted by atomic mass is 16.5. The van der Waals surface area contributed by atoms with Gasteiger partial charge in [0.15, 0.2) is 23.4 Å². The first-order valence-electron chi connectivity index (χ1n) is 12.4. The summed E-state index contributed by atoms with van der Waals surface area (Å²) in [7, 11) is 2.24. The molecule has 174 valence electrons. The van der Waals surface area contributed by atoms with Crippen LogP contribution >= 0.6 is 0 Å². The van der Waals surface area contributed by atoms with E-state index in [4.69, 9.17) is 14.2 Å². The van der Waals surface area contributed by atoms with Crippen molar-refractivity contribution < 1.29 is 19.0 Å². The van der Waals surface area contributed by atoms with E-state index in [2.05, 4.69) is 38.4 Å². The molecule has 0 radical (unpaired) electrons. The van der Waals surface area contributed by atoms with Crippen molar-refractivity contribution in [2.24, 2.45) is 5.92 Å². The van der Waals surface area contributed by atoms with Gasteiger partial charge in [0.1, 0.15) is 0 Å². The van der Waals surface area contributed by atoms with Crippen LogP contribution in [0.5, 0.6) is 11.5 Å². The zero-order valence-electron chi connectivity index (χ0n) is 19.8. The van der Waals surface area contributed by atoms with E-state index in [0.29, 0.717) is 19.6 Å². The lowest BCUT2D eigenvalue weighted by atomic mass is 9.52. The van der Waals surface area contributed by atoms with Crippen molar-refractivity contribution in [2.75, 3.05) is 26.8 Å². The first-order chi connectivity index (χ1) is 15.5. The fourth-order valence-corrected chi connectivity index (χ4v) is 6.55. The molecule has 1 aliphatic heterocycles. The van der Waals surface area contributed by atoms with Gasteiger partial charge in [-0.25, -0.2) is 0 Å². The zero-order chi connectivity index (χ0) is 22.5. The third-order valence-corrected chi connectivity index (χ3v) is 8.34. The number of nitrogens with zero attached hydrogens (tertiary/aromatic N) is 1. The third kappa shape index (κ3) is 3.15. The highest BCUT2D eigenvalue weighted by Crippen LogP contribution is 2.63. The molecule has 0 aromatic heterocycles. The van der Waals surface area contributed by atoms with Crippen LogP contribution in [0, 0.1) is 5.92 Å². The fraction of sp³-hybridized carbons (Fsp3) is 0.667. The Bertz CT molecular complexity index is 905. The Morgan fingerprint density at radius 3 is 2.88 bits per heavy atom. The van der Waals surface area contributed by atoms with Crippen molar-refractivity contribution in [2.45, 2.75) is 82.0 Å². The minimum atomic E-state index is -0.541. The Kier molecular flexibility index (Phi) is 5.61. The van der Waals surface area contributed by atoms with E-state index in [9.17, 15) is 4.79 Å². The molecule has 2 fully saturated rings. The van der Waals surface area contributed by atoms with Crippen LogP contribution in [-0.4, -0.2) is 55.2 Å². The zero-order valence-corrected chi connectivity index (χ0v) is 19.8. The number of unbranched alkanes of at least 4 members (excludes halogenated alkanes) is 1. The second-order valence-electron chi connectivity index (χ2n) is 10.4. The highest BCUT2D eigenvalue weighted by molar-refractivity contribution is 5.89. The van der Waals surface area contributed by atoms with Crippen LogP contribution in [-0.2, 0) is 21.4 Å². The molecule has 1 heterocycles. The molecule has 0 N–H and O–H groups in total. The molecule has 4 atom stereocenters. The fourth-order valence-electron chi connectivity index (χ4n) is 6.55. The number of Topliss-reactive ketones (excluding diaryl/α,β-unsaturated/α-hetero) is 1. The molecule has 5 heteroatoms. The van der Waals surface area contributed by atoms with E-state index in [-0.39, 0.29) is 11.8 Å². The second-order valence-corrected chi connectivity index (χ2v) is 10.4. The summed E-state index contributed by atoms with van der Waals surface area (Å²) in [6.45, 7) is 10.5. The molecule has 2 saturated carbocycles. The van der Waals surface area contributed by atoms with Crippen LogP contribution < -0.4 is 9.47 Å². The van der Waals surface area contributed by atoms with Crippen molar-refractivity contribution in [3.8, 4) is 11.5 Å². The number of carbonyl (C=O) groups is 1. The van der Waals surface area contributed by atoms with Crippen molar-refractivity contribution in [1.82, 2.24) is 4.90 Å². The smallest absolute Gasteiger partial charge is 0.174 e. The summed E-state index contributed by atoms with van der Waals surface area (Å²) in [5.74, 6) is 2.51. The third-order valence-electron chi connectivity index (χ3n) is 8.34. The van der Waals surface area contributed by atoms with Crippen molar-refractivity contribution in [1.29, 1.82) is 0 Å². The van der Waals surface area contributed by atoms with Gasteiger partial charge in [-0.3, -0.25) is 9.69 Å². The predicted octanol–water partition coefficient (Wildman–Crippen LogP) is 4.46. The lowest BCUT2D eigenvalue weighted by molar-refractivity contribution is -0.183. The van der Waals surface area contributed by atoms with Gasteiger partial charge in [-0.1, -0.05) is 25.5 Å². The molecule has 5 rings (SSSR count). The molecule has 0 saturated heterocycles. The molecule has 0 spiro atoms. The normalized spacial score (nSPS) is 32.6. The van der Waals surface area contributed by atoms with E-state index in [1.807, 2.05) is 12.1 Å². The highest BCUT2D eigenvalue weighted by Gasteiger charge is 2.70. The number of hydrogen-bond acceptors (Lipinski definition) is 5. The topological polar surface area (TPSA) is 48.0 Å². The van der Waals surface area contributed by atoms with Gasteiger partial charge in [-0.15, -0.1) is 6.58 Å². The Morgan fingerprint density at radius 2 is 2.16 bits per heavy atom. The second kappa shape index (κ2) is 8.18. The largest absolute Gasteiger partial charge is 0.490 e. The number of ether oxygens (including phenoxy) is 3. The SMILES string of the molecule is C=CCO[C@@]12CCC(=O)[C@@H]3Oc4c(OCCCC)ccc(c4C31C)C[C@H]2N(C)CC1CC1. The van der Waals surface area contributed by atoms with Crippen LogP contribution in [0.4, 0.5) is 0 Å². The van der Waals surface area contributed by atoms with Gasteiger partial charge in [0.05, 0.1) is 24.2 Å². The van der Waals surface area contributed by atoms with E-state index >= 15 is 0 Å². The molecule has 1 unspecified atom stereocenters. The lowest BCUT2D eigenvalue weighted by Gasteiger charge is -2.59. The average molecular weight is 440 g/mol. The van der Waals surface area contributed by atoms with Crippen molar-refractivity contribution in [3.63, 3.8) is 0 Å². The van der Waals surface area contributed by atoms with Crippen LogP contribution in [0.25, 0.3) is 0 Å². The quantitative estimate of drug-likeness (QED) is 0.398. The Labute approximate surface area is 192 Å². The molecule has 32 heavy (non-hydrogen) atoms. The summed E-state index contributed by atoms with van der Waals surface area (Å²) < 4.78 is 19.4. The number of hydrogen-bond donors (Lipinski definition) is 0. The number of rotatable bonds is 10. The standard InChI is InChI=1S/C27H37NO4/c1-5-7-15-30-21-11-10-19-16-22(28(4)17-18-8-9-18)27(31-14-6-2)13-12-20(29)25-26(27,3)23(19)24(21)32-25/h6,10-11,18,22,25H,2,5,7-9,12-17H2,1,3-4H3/t22-,25+,26?,27-/m1/s1. The number of likely N-dealkylation sites (N-methyl/N-ethyl adjacent to an activating group) is 1. The number of benzene rings is 1. The summed E-state index contributed by atoms with van der Waals surface area (Å²) in [6, 6.07) is 4.44. The maximum Gasteiger partial charge on any atom is 0.174 e. The van der Waals surface area contributed by atoms with Gasteiger partial charge in [0, 0.05) is 24.6 Å². The summed E-state index contributed by atoms with van der Waals surface area (Å²) in [5, 5.41) is 0. The van der Waals surface area contributed by atoms with Gasteiger partial charge in [-0.2, -0.15) is 0 Å². The van der Waals surface area contributed by atoms with Gasteiger partial charge in [0.25, 0.3) is 0 Å². The molecule has 1 aromatic rings. The van der Waals surface area contributed by atoms with Crippen molar-refractivity contribution >= 4 is 5.78 Å². The maximum absolute atomic E-state index is 13.2. The summed E-state index contributed by atoms with van der Waals surface area (Å²) >= 11 is 0. The summed E-state index contributed by atoms with van der Waals surface area (Å²) in [5.41, 5.74) is 1.38. The van der Waals surface area contributed by atoms with Crippen molar-refractivity contribution in [3.05, 3.63) is 35.9 Å². The Hall–Kier alpha value is -1.85. The molecular weight excluding hydrogens is 402 g/mol. The van der Waals surface area contributed by atoms with Crippen LogP contribution in [0.15, 0.2) is 24.8 Å². The maximum atomic E-state index is 13.2. The molecule has 0 amide bonds. The van der Waals surface area contributed by atoms with E-state index in [1.165, 1.54) is 18.4 Å². The van der Waals surface area contributed by atoms with Gasteiger partial charge in [0.2, 0.25) is 0 Å². The summed E-state index contributed by atoms with van der Waals surface area (Å²) in [6.07, 6.45) is 8.12. The van der Waals surface area contributed by atoms with Gasteiger partial charge in [-0.05, 0) is 63.6 Å². The monoisotopic (exact) mass is 439 g/mol. The Morgan fingerprint density at radius 1 is 1.34 bits per heavy atom. The van der Waals surface area contributed by atoms with Crippen LogP contribution in [0.1, 0.15) is 63.5 Å². The Balaban J connectivity index is 1.63. The first-order valence-corrected chi connectivity index (χ1v) is 12.4. The van der Waals surface area contributed by atoms with E-state index in [1.54, 1.807) is 0 Å². The van der Waals surface area contributed by atoms with Gasteiger partial charge >= 0.3 is 0 Å². The van der Waals surface area contributed by atoms with E-state index in [0.717, 1.165) is 55.2 Å².